The monoisotopic (exact) mass is 271 g/mol. The molecule has 0 radical (unpaired) electrons. The van der Waals surface area contributed by atoms with Crippen LogP contribution in [0.25, 0.3) is 0 Å². The molecule has 1 fully saturated rings. The molecule has 1 aliphatic rings. The van der Waals surface area contributed by atoms with Gasteiger partial charge in [0.25, 0.3) is 0 Å². The van der Waals surface area contributed by atoms with Gasteiger partial charge in [0.05, 0.1) is 6.04 Å². The predicted octanol–water partition coefficient (Wildman–Crippen LogP) is 3.50. The van der Waals surface area contributed by atoms with Gasteiger partial charge in [0.2, 0.25) is 0 Å². The Kier molecular flexibility index (Phi) is 4.11. The first-order chi connectivity index (χ1) is 9.83. The highest BCUT2D eigenvalue weighted by molar-refractivity contribution is 5.13. The average Bonchev–Trinajstić information content (AvgIpc) is 2.76. The van der Waals surface area contributed by atoms with E-state index in [2.05, 4.69) is 33.2 Å². The second-order valence-electron chi connectivity index (χ2n) is 5.55. The normalized spacial score (nSPS) is 20.8. The van der Waals surface area contributed by atoms with Crippen LogP contribution in [0.5, 0.6) is 0 Å². The SMILES string of the molecule is Cc1cc(C2CCCCCN2Cc2ccncc2)no1. The highest BCUT2D eigenvalue weighted by Gasteiger charge is 2.25. The van der Waals surface area contributed by atoms with Crippen molar-refractivity contribution in [1.29, 1.82) is 0 Å². The molecule has 1 aliphatic heterocycles. The fourth-order valence-electron chi connectivity index (χ4n) is 2.96. The maximum atomic E-state index is 5.27. The molecule has 1 atom stereocenters. The summed E-state index contributed by atoms with van der Waals surface area (Å²) in [6.45, 7) is 4.04. The molecule has 0 amide bonds. The third kappa shape index (κ3) is 3.07. The third-order valence-corrected chi connectivity index (χ3v) is 3.99. The fourth-order valence-corrected chi connectivity index (χ4v) is 2.96. The van der Waals surface area contributed by atoms with E-state index in [1.54, 1.807) is 0 Å². The molecule has 2 aromatic heterocycles. The summed E-state index contributed by atoms with van der Waals surface area (Å²) in [5.41, 5.74) is 2.39. The van der Waals surface area contributed by atoms with Crippen molar-refractivity contribution in [2.75, 3.05) is 6.54 Å². The Morgan fingerprint density at radius 1 is 1.25 bits per heavy atom. The molecule has 3 rings (SSSR count). The molecule has 2 aromatic rings. The second kappa shape index (κ2) is 6.18. The van der Waals surface area contributed by atoms with Crippen molar-refractivity contribution in [2.24, 2.45) is 0 Å². The van der Waals surface area contributed by atoms with Gasteiger partial charge in [-0.15, -0.1) is 0 Å². The van der Waals surface area contributed by atoms with Gasteiger partial charge in [0.15, 0.2) is 0 Å². The first-order valence-electron chi connectivity index (χ1n) is 7.39. The summed E-state index contributed by atoms with van der Waals surface area (Å²) in [7, 11) is 0. The lowest BCUT2D eigenvalue weighted by molar-refractivity contribution is 0.183. The van der Waals surface area contributed by atoms with E-state index in [-0.39, 0.29) is 0 Å². The van der Waals surface area contributed by atoms with Crippen LogP contribution in [0.15, 0.2) is 35.1 Å². The van der Waals surface area contributed by atoms with Crippen molar-refractivity contribution in [2.45, 2.75) is 45.2 Å². The van der Waals surface area contributed by atoms with Gasteiger partial charge < -0.3 is 4.52 Å². The maximum absolute atomic E-state index is 5.27. The van der Waals surface area contributed by atoms with Crippen LogP contribution in [0.4, 0.5) is 0 Å². The number of pyridine rings is 1. The molecule has 0 bridgehead atoms. The molecule has 0 N–H and O–H groups in total. The number of hydrogen-bond donors (Lipinski definition) is 0. The summed E-state index contributed by atoms with van der Waals surface area (Å²) in [5.74, 6) is 0.896. The second-order valence-corrected chi connectivity index (χ2v) is 5.55. The number of nitrogens with zero attached hydrogens (tertiary/aromatic N) is 3. The van der Waals surface area contributed by atoms with Gasteiger partial charge in [-0.3, -0.25) is 9.88 Å². The number of aromatic nitrogens is 2. The summed E-state index contributed by atoms with van der Waals surface area (Å²) < 4.78 is 5.27. The molecule has 0 spiro atoms. The zero-order valence-electron chi connectivity index (χ0n) is 12.0. The Balaban J connectivity index is 1.80. The lowest BCUT2D eigenvalue weighted by Crippen LogP contribution is -2.28. The van der Waals surface area contributed by atoms with E-state index in [1.807, 2.05) is 19.3 Å². The predicted molar refractivity (Wildman–Crippen MR) is 77.1 cm³/mol. The van der Waals surface area contributed by atoms with E-state index in [1.165, 1.54) is 24.8 Å². The van der Waals surface area contributed by atoms with Crippen LogP contribution in [0.3, 0.4) is 0 Å². The number of rotatable bonds is 3. The van der Waals surface area contributed by atoms with Crippen LogP contribution in [0.1, 0.15) is 48.7 Å². The molecule has 3 heterocycles. The molecular formula is C16H21N3O. The Hall–Kier alpha value is -1.68. The van der Waals surface area contributed by atoms with E-state index in [4.69, 9.17) is 4.52 Å². The van der Waals surface area contributed by atoms with Gasteiger partial charge in [-0.25, -0.2) is 0 Å². The zero-order valence-corrected chi connectivity index (χ0v) is 12.0. The summed E-state index contributed by atoms with van der Waals surface area (Å²) in [4.78, 5) is 6.62. The number of aryl methyl sites for hydroxylation is 1. The van der Waals surface area contributed by atoms with Crippen LogP contribution >= 0.6 is 0 Å². The summed E-state index contributed by atoms with van der Waals surface area (Å²) in [6.07, 6.45) is 8.73. The van der Waals surface area contributed by atoms with Crippen molar-refractivity contribution in [3.63, 3.8) is 0 Å². The van der Waals surface area contributed by atoms with E-state index in [9.17, 15) is 0 Å². The summed E-state index contributed by atoms with van der Waals surface area (Å²) in [6, 6.07) is 6.64. The Bertz CT molecular complexity index is 538. The number of likely N-dealkylation sites (tertiary alicyclic amines) is 1. The summed E-state index contributed by atoms with van der Waals surface area (Å²) >= 11 is 0. The Morgan fingerprint density at radius 2 is 2.10 bits per heavy atom. The quantitative estimate of drug-likeness (QED) is 0.857. The van der Waals surface area contributed by atoms with Gasteiger partial charge in [0.1, 0.15) is 11.5 Å². The van der Waals surface area contributed by atoms with Crippen molar-refractivity contribution >= 4 is 0 Å². The van der Waals surface area contributed by atoms with Gasteiger partial charge in [-0.1, -0.05) is 18.0 Å². The largest absolute Gasteiger partial charge is 0.361 e. The molecule has 0 aromatic carbocycles. The molecule has 0 aliphatic carbocycles. The molecule has 1 saturated heterocycles. The van der Waals surface area contributed by atoms with E-state index < -0.39 is 0 Å². The lowest BCUT2D eigenvalue weighted by atomic mass is 10.1. The molecule has 4 nitrogen and oxygen atoms in total. The van der Waals surface area contributed by atoms with Crippen LogP contribution in [0, 0.1) is 6.92 Å². The van der Waals surface area contributed by atoms with Gasteiger partial charge in [0, 0.05) is 25.0 Å². The van der Waals surface area contributed by atoms with Crippen LogP contribution in [-0.2, 0) is 6.54 Å². The van der Waals surface area contributed by atoms with E-state index in [0.717, 1.165) is 31.0 Å². The highest BCUT2D eigenvalue weighted by Crippen LogP contribution is 2.30. The first kappa shape index (κ1) is 13.3. The smallest absolute Gasteiger partial charge is 0.133 e. The molecule has 0 saturated carbocycles. The Labute approximate surface area is 119 Å². The average molecular weight is 271 g/mol. The maximum Gasteiger partial charge on any atom is 0.133 e. The van der Waals surface area contributed by atoms with Crippen LogP contribution in [0.2, 0.25) is 0 Å². The molecular weight excluding hydrogens is 250 g/mol. The van der Waals surface area contributed by atoms with Gasteiger partial charge in [-0.05, 0) is 44.0 Å². The Morgan fingerprint density at radius 3 is 2.85 bits per heavy atom. The van der Waals surface area contributed by atoms with Crippen molar-refractivity contribution < 1.29 is 4.52 Å². The molecule has 106 valence electrons. The molecule has 20 heavy (non-hydrogen) atoms. The molecule has 4 heteroatoms. The minimum atomic E-state index is 0.378. The van der Waals surface area contributed by atoms with E-state index >= 15 is 0 Å². The van der Waals surface area contributed by atoms with Gasteiger partial charge >= 0.3 is 0 Å². The van der Waals surface area contributed by atoms with Crippen LogP contribution in [-0.4, -0.2) is 21.6 Å². The van der Waals surface area contributed by atoms with Crippen molar-refractivity contribution in [3.8, 4) is 0 Å². The topological polar surface area (TPSA) is 42.2 Å². The zero-order chi connectivity index (χ0) is 13.8. The highest BCUT2D eigenvalue weighted by atomic mass is 16.5. The first-order valence-corrected chi connectivity index (χ1v) is 7.39. The minimum absolute atomic E-state index is 0.378. The number of hydrogen-bond acceptors (Lipinski definition) is 4. The van der Waals surface area contributed by atoms with Gasteiger partial charge in [-0.2, -0.15) is 0 Å². The molecule has 1 unspecified atom stereocenters. The fraction of sp³-hybridized carbons (Fsp3) is 0.500. The van der Waals surface area contributed by atoms with Crippen molar-refractivity contribution in [3.05, 3.63) is 47.6 Å². The lowest BCUT2D eigenvalue weighted by Gasteiger charge is -2.28. The van der Waals surface area contributed by atoms with E-state index in [0.29, 0.717) is 6.04 Å². The minimum Gasteiger partial charge on any atom is -0.361 e. The van der Waals surface area contributed by atoms with Crippen molar-refractivity contribution in [1.82, 2.24) is 15.0 Å². The standard InChI is InChI=1S/C16H21N3O/c1-13-11-15(18-20-13)16-5-3-2-4-10-19(16)12-14-6-8-17-9-7-14/h6-9,11,16H,2-5,10,12H2,1H3. The van der Waals surface area contributed by atoms with Crippen LogP contribution < -0.4 is 0 Å². The third-order valence-electron chi connectivity index (χ3n) is 3.99. The summed E-state index contributed by atoms with van der Waals surface area (Å²) in [5, 5.41) is 4.24.